The molecule has 4 aromatic heterocycles. The monoisotopic (exact) mass is 471 g/mol. The summed E-state index contributed by atoms with van der Waals surface area (Å²) in [6, 6.07) is 6.08. The Morgan fingerprint density at radius 3 is 2.66 bits per heavy atom. The van der Waals surface area contributed by atoms with E-state index in [4.69, 9.17) is 14.7 Å². The Hall–Kier alpha value is -3.82. The molecule has 2 fully saturated rings. The molecule has 0 unspecified atom stereocenters. The Kier molecular flexibility index (Phi) is 5.63. The van der Waals surface area contributed by atoms with Crippen LogP contribution in [0.2, 0.25) is 0 Å². The van der Waals surface area contributed by atoms with Gasteiger partial charge in [-0.05, 0) is 43.7 Å². The van der Waals surface area contributed by atoms with E-state index in [0.29, 0.717) is 23.5 Å². The molecule has 0 aromatic carbocycles. The van der Waals surface area contributed by atoms with Gasteiger partial charge >= 0.3 is 0 Å². The number of rotatable bonds is 7. The maximum atomic E-state index is 5.60. The van der Waals surface area contributed by atoms with Gasteiger partial charge in [0.2, 0.25) is 5.88 Å². The zero-order valence-electron chi connectivity index (χ0n) is 20.1. The Balaban J connectivity index is 1.25. The van der Waals surface area contributed by atoms with Gasteiger partial charge in [-0.3, -0.25) is 4.68 Å². The van der Waals surface area contributed by atoms with Gasteiger partial charge < -0.3 is 15.0 Å². The number of hydrogen-bond acceptors (Lipinski definition) is 9. The summed E-state index contributed by atoms with van der Waals surface area (Å²) in [4.78, 5) is 25.5. The number of nitrogens with zero attached hydrogens (tertiary/aromatic N) is 8. The number of piperidine rings is 1. The SMILES string of the molecule is COc1ncnc(C2CC2)c1-c1nc(NCC2CCN(c3ccccn3)CC2)c2nn(C)cc2n1. The fourth-order valence-electron chi connectivity index (χ4n) is 4.82. The smallest absolute Gasteiger partial charge is 0.227 e. The maximum Gasteiger partial charge on any atom is 0.227 e. The molecule has 10 heteroatoms. The summed E-state index contributed by atoms with van der Waals surface area (Å²) >= 11 is 0. The Labute approximate surface area is 203 Å². The Bertz CT molecular complexity index is 1330. The van der Waals surface area contributed by atoms with Gasteiger partial charge in [-0.25, -0.2) is 24.9 Å². The molecular formula is C25H29N9O. The van der Waals surface area contributed by atoms with E-state index in [2.05, 4.69) is 36.3 Å². The van der Waals surface area contributed by atoms with Crippen molar-refractivity contribution in [3.8, 4) is 17.3 Å². The van der Waals surface area contributed by atoms with Gasteiger partial charge in [0, 0.05) is 38.8 Å². The zero-order valence-corrected chi connectivity index (χ0v) is 20.1. The van der Waals surface area contributed by atoms with Gasteiger partial charge in [0.25, 0.3) is 0 Å². The fraction of sp³-hybridized carbons (Fsp3) is 0.440. The van der Waals surface area contributed by atoms with Gasteiger partial charge in [-0.2, -0.15) is 5.10 Å². The molecule has 1 saturated carbocycles. The van der Waals surface area contributed by atoms with E-state index in [9.17, 15) is 0 Å². The van der Waals surface area contributed by atoms with Crippen molar-refractivity contribution in [2.45, 2.75) is 31.6 Å². The van der Waals surface area contributed by atoms with Crippen LogP contribution in [-0.4, -0.2) is 61.4 Å². The molecule has 0 spiro atoms. The van der Waals surface area contributed by atoms with E-state index in [1.54, 1.807) is 18.1 Å². The van der Waals surface area contributed by atoms with Crippen LogP contribution >= 0.6 is 0 Å². The summed E-state index contributed by atoms with van der Waals surface area (Å²) < 4.78 is 7.37. The number of pyridine rings is 1. The van der Waals surface area contributed by atoms with Gasteiger partial charge in [0.05, 0.1) is 19.0 Å². The Morgan fingerprint density at radius 1 is 1.06 bits per heavy atom. The van der Waals surface area contributed by atoms with Crippen molar-refractivity contribution in [2.75, 3.05) is 37.0 Å². The Morgan fingerprint density at radius 2 is 1.91 bits per heavy atom. The molecule has 180 valence electrons. The van der Waals surface area contributed by atoms with Gasteiger partial charge in [0.15, 0.2) is 17.2 Å². The van der Waals surface area contributed by atoms with Gasteiger partial charge in [0.1, 0.15) is 23.2 Å². The molecule has 2 aliphatic rings. The molecule has 0 atom stereocenters. The topological polar surface area (TPSA) is 107 Å². The second-order valence-electron chi connectivity index (χ2n) is 9.35. The first-order valence-electron chi connectivity index (χ1n) is 12.2. The quantitative estimate of drug-likeness (QED) is 0.434. The first-order chi connectivity index (χ1) is 17.2. The average molecular weight is 472 g/mol. The number of nitrogens with one attached hydrogen (secondary N) is 1. The van der Waals surface area contributed by atoms with Crippen molar-refractivity contribution < 1.29 is 4.74 Å². The van der Waals surface area contributed by atoms with Crippen molar-refractivity contribution in [3.63, 3.8) is 0 Å². The minimum Gasteiger partial charge on any atom is -0.480 e. The summed E-state index contributed by atoms with van der Waals surface area (Å²) in [5, 5.41) is 8.22. The molecule has 0 bridgehead atoms. The molecule has 10 nitrogen and oxygen atoms in total. The zero-order chi connectivity index (χ0) is 23.8. The maximum absolute atomic E-state index is 5.60. The van der Waals surface area contributed by atoms with Crippen LogP contribution in [0.3, 0.4) is 0 Å². The van der Waals surface area contributed by atoms with E-state index in [1.165, 1.54) is 0 Å². The second-order valence-corrected chi connectivity index (χ2v) is 9.35. The van der Waals surface area contributed by atoms with E-state index in [-0.39, 0.29) is 0 Å². The molecular weight excluding hydrogens is 442 g/mol. The molecule has 1 N–H and O–H groups in total. The molecule has 0 amide bonds. The highest BCUT2D eigenvalue weighted by molar-refractivity contribution is 5.87. The number of ether oxygens (including phenoxy) is 1. The van der Waals surface area contributed by atoms with Crippen LogP contribution in [0.4, 0.5) is 11.6 Å². The van der Waals surface area contributed by atoms with Crippen LogP contribution in [0.15, 0.2) is 36.9 Å². The normalized spacial score (nSPS) is 16.6. The van der Waals surface area contributed by atoms with Crippen LogP contribution < -0.4 is 15.0 Å². The van der Waals surface area contributed by atoms with Crippen LogP contribution in [0.1, 0.15) is 37.3 Å². The number of aryl methyl sites for hydroxylation is 1. The predicted octanol–water partition coefficient (Wildman–Crippen LogP) is 3.43. The van der Waals surface area contributed by atoms with E-state index in [1.807, 2.05) is 31.6 Å². The van der Waals surface area contributed by atoms with Crippen molar-refractivity contribution >= 4 is 22.7 Å². The van der Waals surface area contributed by atoms with Crippen molar-refractivity contribution in [3.05, 3.63) is 42.6 Å². The minimum absolute atomic E-state index is 0.413. The van der Waals surface area contributed by atoms with Crippen molar-refractivity contribution in [2.24, 2.45) is 13.0 Å². The lowest BCUT2D eigenvalue weighted by Gasteiger charge is -2.32. The number of aromatic nitrogens is 7. The third-order valence-electron chi connectivity index (χ3n) is 6.85. The summed E-state index contributed by atoms with van der Waals surface area (Å²) in [5.41, 5.74) is 3.31. The first kappa shape index (κ1) is 21.7. The number of methoxy groups -OCH3 is 1. The second kappa shape index (κ2) is 9.09. The molecule has 5 heterocycles. The van der Waals surface area contributed by atoms with Crippen molar-refractivity contribution in [1.29, 1.82) is 0 Å². The van der Waals surface area contributed by atoms with Gasteiger partial charge in [-0.1, -0.05) is 6.07 Å². The van der Waals surface area contributed by atoms with Crippen LogP contribution in [0, 0.1) is 5.92 Å². The number of fused-ring (bicyclic) bond motifs is 1. The lowest BCUT2D eigenvalue weighted by atomic mass is 9.97. The molecule has 1 aliphatic heterocycles. The molecule has 4 aromatic rings. The largest absolute Gasteiger partial charge is 0.480 e. The van der Waals surface area contributed by atoms with E-state index >= 15 is 0 Å². The third-order valence-corrected chi connectivity index (χ3v) is 6.85. The lowest BCUT2D eigenvalue weighted by Crippen LogP contribution is -2.36. The minimum atomic E-state index is 0.413. The summed E-state index contributed by atoms with van der Waals surface area (Å²) in [6.45, 7) is 2.83. The first-order valence-corrected chi connectivity index (χ1v) is 12.2. The van der Waals surface area contributed by atoms with E-state index in [0.717, 1.165) is 79.2 Å². The highest BCUT2D eigenvalue weighted by Crippen LogP contribution is 2.45. The third kappa shape index (κ3) is 4.36. The van der Waals surface area contributed by atoms with Crippen molar-refractivity contribution in [1.82, 2.24) is 34.7 Å². The fourth-order valence-corrected chi connectivity index (χ4v) is 4.82. The molecule has 1 saturated heterocycles. The standard InChI is InChI=1S/C25H29N9O/c1-33-14-18-22(32-33)24(27-13-16-8-11-34(12-9-16)19-5-3-4-10-26-19)31-23(30-18)20-21(17-6-7-17)28-15-29-25(20)35-2/h3-5,10,14-17H,6-9,11-13H2,1-2H3,(H,27,30,31). The summed E-state index contributed by atoms with van der Waals surface area (Å²) in [5.74, 6) is 3.85. The van der Waals surface area contributed by atoms with Crippen LogP contribution in [0.25, 0.3) is 22.4 Å². The number of hydrogen-bond donors (Lipinski definition) is 1. The summed E-state index contributed by atoms with van der Waals surface area (Å²) in [7, 11) is 3.53. The molecule has 1 aliphatic carbocycles. The highest BCUT2D eigenvalue weighted by Gasteiger charge is 2.32. The summed E-state index contributed by atoms with van der Waals surface area (Å²) in [6.07, 6.45) is 9.77. The average Bonchev–Trinajstić information content (AvgIpc) is 3.68. The molecule has 0 radical (unpaired) electrons. The van der Waals surface area contributed by atoms with Crippen LogP contribution in [0.5, 0.6) is 5.88 Å². The lowest BCUT2D eigenvalue weighted by molar-refractivity contribution is 0.397. The molecule has 6 rings (SSSR count). The number of anilines is 2. The molecule has 35 heavy (non-hydrogen) atoms. The van der Waals surface area contributed by atoms with Crippen LogP contribution in [-0.2, 0) is 7.05 Å². The predicted molar refractivity (Wildman–Crippen MR) is 134 cm³/mol. The van der Waals surface area contributed by atoms with Gasteiger partial charge in [-0.15, -0.1) is 0 Å². The van der Waals surface area contributed by atoms with E-state index < -0.39 is 0 Å². The highest BCUT2D eigenvalue weighted by atomic mass is 16.5.